The van der Waals surface area contributed by atoms with Crippen LogP contribution in [0.3, 0.4) is 0 Å². The van der Waals surface area contributed by atoms with Crippen LogP contribution in [-0.4, -0.2) is 106 Å². The van der Waals surface area contributed by atoms with Gasteiger partial charge in [0, 0.05) is 74.3 Å². The zero-order valence-corrected chi connectivity index (χ0v) is 40.6. The van der Waals surface area contributed by atoms with Crippen molar-refractivity contribution in [2.45, 2.75) is 116 Å². The number of methoxy groups -OCH3 is 1. The molecule has 360 valence electrons. The van der Waals surface area contributed by atoms with Gasteiger partial charge < -0.3 is 34.1 Å². The van der Waals surface area contributed by atoms with Gasteiger partial charge in [0.05, 0.1) is 24.1 Å². The molecular formula is C54H66N6O8. The van der Waals surface area contributed by atoms with Crippen LogP contribution in [0.5, 0.6) is 5.75 Å². The summed E-state index contributed by atoms with van der Waals surface area (Å²) in [7, 11) is 3.29. The monoisotopic (exact) mass is 926 g/mol. The van der Waals surface area contributed by atoms with E-state index in [1.165, 1.54) is 9.91 Å². The van der Waals surface area contributed by atoms with Crippen LogP contribution in [0.25, 0.3) is 33.3 Å². The molecule has 6 atom stereocenters. The molecule has 8 rings (SSSR count). The molecule has 0 spiro atoms. The third kappa shape index (κ3) is 9.90. The highest BCUT2D eigenvalue weighted by atomic mass is 16.5. The largest absolute Gasteiger partial charge is 0.508 e. The smallest absolute Gasteiger partial charge is 0.324 e. The van der Waals surface area contributed by atoms with Gasteiger partial charge in [-0.15, -0.1) is 0 Å². The highest BCUT2D eigenvalue weighted by Gasteiger charge is 2.42. The topological polar surface area (TPSA) is 165 Å². The second-order valence-corrected chi connectivity index (χ2v) is 19.8. The van der Waals surface area contributed by atoms with Gasteiger partial charge in [0.1, 0.15) is 30.0 Å². The Hall–Kier alpha value is -6.09. The maximum atomic E-state index is 14.8. The number of likely N-dealkylation sites (N-methyl/N-ethyl adjacent to an activating group) is 1. The molecular weight excluding hydrogens is 861 g/mol. The standard InChI is InChI=1S/C54H66N6O8/c1-9-59-45-20-19-36-29-41(45)42(48(59)40-17-13-22-55-46(40)33(4)66-8)30-54(5,6)31-68-53(65)43-18-14-23-60(57-43)51(63)44(27-34-25-37(36)28-38(61)26-34)56-50(62)47(32(2)3)58(7)52(64)49-39(21-24-67-49)35-15-11-10-12-16-35/h10-13,15-17,19-20,22,25-26,28-29,32-33,39,43-44,47,49,57,61H,9,14,18,21,23-24,27,30-31H2,1-8H3,(H,56,62)/t33-,39+,43-,44-,47-,49+/m0/s1. The molecule has 3 aliphatic rings. The average molecular weight is 927 g/mol. The lowest BCUT2D eigenvalue weighted by Crippen LogP contribution is -2.62. The highest BCUT2D eigenvalue weighted by molar-refractivity contribution is 5.96. The number of aromatic hydroxyl groups is 1. The highest BCUT2D eigenvalue weighted by Crippen LogP contribution is 2.42. The van der Waals surface area contributed by atoms with Gasteiger partial charge in [0.15, 0.2) is 0 Å². The number of phenols is 1. The summed E-state index contributed by atoms with van der Waals surface area (Å²) in [5.74, 6) is -2.26. The maximum Gasteiger partial charge on any atom is 0.324 e. The molecule has 14 heteroatoms. The Kier molecular flexibility index (Phi) is 14.4. The number of cyclic esters (lactones) is 1. The number of phenolic OH excluding ortho intramolecular Hbond substituents is 1. The number of rotatable bonds is 10. The maximum absolute atomic E-state index is 14.8. The number of hydrogen-bond donors (Lipinski definition) is 3. The van der Waals surface area contributed by atoms with Crippen molar-refractivity contribution in [3.05, 3.63) is 107 Å². The zero-order chi connectivity index (χ0) is 48.4. The number of benzene rings is 3. The van der Waals surface area contributed by atoms with E-state index in [4.69, 9.17) is 19.2 Å². The molecule has 14 nitrogen and oxygen atoms in total. The van der Waals surface area contributed by atoms with Crippen LogP contribution in [0.4, 0.5) is 0 Å². The quantitative estimate of drug-likeness (QED) is 0.120. The Morgan fingerprint density at radius 2 is 1.79 bits per heavy atom. The van der Waals surface area contributed by atoms with Gasteiger partial charge in [-0.2, -0.15) is 0 Å². The number of aryl methyl sites for hydroxylation is 1. The fraction of sp³-hybridized carbons (Fsp3) is 0.463. The SMILES string of the molecule is CCn1c(-c2cccnc2[C@H](C)OC)c2c3cc(ccc31)-c1cc(O)cc(c1)C[C@H](NC(=O)[C@H](C(C)C)N(C)C(=O)[C@@H]1OCC[C@@H]1c1ccccc1)C(=O)N1CCC[C@H](N1)C(=O)OCC(C)(C)C2. The number of hydrogen-bond acceptors (Lipinski definition) is 10. The molecule has 5 heterocycles. The number of nitrogens with zero attached hydrogens (tertiary/aromatic N) is 4. The minimum absolute atomic E-state index is 0.0000772. The van der Waals surface area contributed by atoms with Crippen LogP contribution >= 0.6 is 0 Å². The summed E-state index contributed by atoms with van der Waals surface area (Å²) in [5, 5.41) is 16.8. The van der Waals surface area contributed by atoms with E-state index >= 15 is 0 Å². The lowest BCUT2D eigenvalue weighted by atomic mass is 9.84. The number of carbonyl (C=O) groups excluding carboxylic acids is 4. The summed E-state index contributed by atoms with van der Waals surface area (Å²) in [5.41, 5.74) is 10.6. The number of nitrogens with one attached hydrogen (secondary N) is 2. The molecule has 0 aliphatic carbocycles. The van der Waals surface area contributed by atoms with Crippen molar-refractivity contribution in [3.8, 4) is 28.1 Å². The molecule has 0 unspecified atom stereocenters. The van der Waals surface area contributed by atoms with Crippen molar-refractivity contribution in [1.82, 2.24) is 30.2 Å². The van der Waals surface area contributed by atoms with Crippen LogP contribution < -0.4 is 10.7 Å². The number of hydrazine groups is 1. The molecule has 3 amide bonds. The molecule has 0 radical (unpaired) electrons. The molecule has 2 fully saturated rings. The normalized spacial score (nSPS) is 21.8. The number of fused-ring (bicyclic) bond motifs is 6. The van der Waals surface area contributed by atoms with E-state index in [0.717, 1.165) is 50.1 Å². The first kappa shape index (κ1) is 48.4. The minimum atomic E-state index is -1.15. The number of ether oxygens (including phenoxy) is 3. The number of amides is 3. The minimum Gasteiger partial charge on any atom is -0.508 e. The average Bonchev–Trinajstić information content (AvgIpc) is 3.94. The predicted octanol–water partition coefficient (Wildman–Crippen LogP) is 7.51. The van der Waals surface area contributed by atoms with Crippen LogP contribution in [0, 0.1) is 11.3 Å². The lowest BCUT2D eigenvalue weighted by molar-refractivity contribution is -0.155. The van der Waals surface area contributed by atoms with Crippen molar-refractivity contribution >= 4 is 34.6 Å². The molecule has 3 N–H and O–H groups in total. The first-order valence-corrected chi connectivity index (χ1v) is 24.0. The summed E-state index contributed by atoms with van der Waals surface area (Å²) in [4.78, 5) is 64.0. The van der Waals surface area contributed by atoms with E-state index in [2.05, 4.69) is 54.3 Å². The van der Waals surface area contributed by atoms with Crippen LogP contribution in [-0.2, 0) is 52.8 Å². The van der Waals surface area contributed by atoms with Gasteiger partial charge >= 0.3 is 5.97 Å². The Labute approximate surface area is 399 Å². The summed E-state index contributed by atoms with van der Waals surface area (Å²) >= 11 is 0. The van der Waals surface area contributed by atoms with Gasteiger partial charge in [0.25, 0.3) is 11.8 Å². The van der Waals surface area contributed by atoms with Gasteiger partial charge in [-0.3, -0.25) is 29.2 Å². The van der Waals surface area contributed by atoms with Gasteiger partial charge in [-0.1, -0.05) is 70.2 Å². The summed E-state index contributed by atoms with van der Waals surface area (Å²) in [6.45, 7) is 13.5. The number of pyridine rings is 1. The Bertz CT molecular complexity index is 2660. The van der Waals surface area contributed by atoms with Gasteiger partial charge in [-0.25, -0.2) is 5.43 Å². The fourth-order valence-corrected chi connectivity index (χ4v) is 10.5. The molecule has 2 aromatic heterocycles. The van der Waals surface area contributed by atoms with Crippen molar-refractivity contribution in [3.63, 3.8) is 0 Å². The Morgan fingerprint density at radius 3 is 2.53 bits per heavy atom. The lowest BCUT2D eigenvalue weighted by Gasteiger charge is -2.37. The molecule has 0 saturated carbocycles. The van der Waals surface area contributed by atoms with E-state index in [9.17, 15) is 24.3 Å². The molecule has 2 saturated heterocycles. The van der Waals surface area contributed by atoms with Crippen molar-refractivity contribution < 1.29 is 38.5 Å². The predicted molar refractivity (Wildman–Crippen MR) is 260 cm³/mol. The fourth-order valence-electron chi connectivity index (χ4n) is 10.5. The molecule has 68 heavy (non-hydrogen) atoms. The molecule has 5 aromatic rings. The summed E-state index contributed by atoms with van der Waals surface area (Å²) < 4.78 is 20.3. The Balaban J connectivity index is 1.20. The van der Waals surface area contributed by atoms with E-state index in [-0.39, 0.29) is 49.2 Å². The number of carbonyl (C=O) groups is 4. The van der Waals surface area contributed by atoms with Gasteiger partial charge in [-0.05, 0) is 110 Å². The molecule has 3 aliphatic heterocycles. The summed E-state index contributed by atoms with van der Waals surface area (Å²) in [6, 6.07) is 22.4. The van der Waals surface area contributed by atoms with Gasteiger partial charge in [0.2, 0.25) is 5.91 Å². The molecule has 6 bridgehead atoms. The van der Waals surface area contributed by atoms with Crippen molar-refractivity contribution in [1.29, 1.82) is 0 Å². The van der Waals surface area contributed by atoms with Crippen LogP contribution in [0.15, 0.2) is 85.1 Å². The van der Waals surface area contributed by atoms with E-state index in [0.29, 0.717) is 44.4 Å². The van der Waals surface area contributed by atoms with E-state index < -0.39 is 47.4 Å². The second kappa shape index (κ2) is 20.2. The third-order valence-electron chi connectivity index (χ3n) is 13.9. The first-order valence-electron chi connectivity index (χ1n) is 24.0. The van der Waals surface area contributed by atoms with Crippen LogP contribution in [0.1, 0.15) is 95.2 Å². The zero-order valence-electron chi connectivity index (χ0n) is 40.6. The Morgan fingerprint density at radius 1 is 1.01 bits per heavy atom. The third-order valence-corrected chi connectivity index (χ3v) is 13.9. The summed E-state index contributed by atoms with van der Waals surface area (Å²) in [6.07, 6.45) is 2.92. The second-order valence-electron chi connectivity index (χ2n) is 19.8. The van der Waals surface area contributed by atoms with Crippen molar-refractivity contribution in [2.24, 2.45) is 11.3 Å². The first-order chi connectivity index (χ1) is 32.6. The van der Waals surface area contributed by atoms with Crippen molar-refractivity contribution in [2.75, 3.05) is 33.9 Å². The molecule has 3 aromatic carbocycles. The van der Waals surface area contributed by atoms with Crippen LogP contribution in [0.2, 0.25) is 0 Å². The van der Waals surface area contributed by atoms with E-state index in [1.807, 2.05) is 69.3 Å². The number of aromatic nitrogens is 2. The number of esters is 1. The van der Waals surface area contributed by atoms with E-state index in [1.54, 1.807) is 32.5 Å².